The van der Waals surface area contributed by atoms with Gasteiger partial charge in [-0.05, 0) is 30.7 Å². The van der Waals surface area contributed by atoms with Crippen LogP contribution in [0.15, 0.2) is 5.38 Å². The Morgan fingerprint density at radius 1 is 1.44 bits per heavy atom. The molecule has 3 nitrogen and oxygen atoms in total. The normalized spacial score (nSPS) is 15.6. The first-order valence-corrected chi connectivity index (χ1v) is 6.67. The minimum Gasteiger partial charge on any atom is -0.367 e. The second-order valence-electron chi connectivity index (χ2n) is 4.36. The summed E-state index contributed by atoms with van der Waals surface area (Å²) in [6, 6.07) is 0.641. The minimum absolute atomic E-state index is 0.641. The largest absolute Gasteiger partial charge is 0.367 e. The molecule has 1 N–H and O–H groups in total. The maximum absolute atomic E-state index is 4.62. The zero-order valence-corrected chi connectivity index (χ0v) is 10.4. The molecule has 0 aliphatic heterocycles. The van der Waals surface area contributed by atoms with Crippen LogP contribution in [0.2, 0.25) is 0 Å². The van der Waals surface area contributed by atoms with Gasteiger partial charge in [0.1, 0.15) is 16.5 Å². The van der Waals surface area contributed by atoms with E-state index in [1.165, 1.54) is 23.8 Å². The van der Waals surface area contributed by atoms with Gasteiger partial charge in [-0.25, -0.2) is 9.97 Å². The Hall–Kier alpha value is -1.16. The Balaban J connectivity index is 2.15. The van der Waals surface area contributed by atoms with Gasteiger partial charge in [0.2, 0.25) is 0 Å². The van der Waals surface area contributed by atoms with Crippen molar-refractivity contribution in [2.24, 2.45) is 0 Å². The molecule has 0 bridgehead atoms. The van der Waals surface area contributed by atoms with Crippen molar-refractivity contribution in [1.29, 1.82) is 0 Å². The molecule has 0 aromatic carbocycles. The summed E-state index contributed by atoms with van der Waals surface area (Å²) < 4.78 is 0. The number of fused-ring (bicyclic) bond motifs is 1. The van der Waals surface area contributed by atoms with E-state index in [-0.39, 0.29) is 0 Å². The topological polar surface area (TPSA) is 37.8 Å². The van der Waals surface area contributed by atoms with Gasteiger partial charge in [0, 0.05) is 12.5 Å². The van der Waals surface area contributed by atoms with Gasteiger partial charge in [-0.2, -0.15) is 0 Å². The van der Waals surface area contributed by atoms with Gasteiger partial charge in [0.05, 0.1) is 5.39 Å². The fraction of sp³-hybridized carbons (Fsp3) is 0.500. The molecule has 0 amide bonds. The average molecular weight is 233 g/mol. The number of rotatable bonds is 3. The Morgan fingerprint density at radius 3 is 2.94 bits per heavy atom. The summed E-state index contributed by atoms with van der Waals surface area (Å²) >= 11 is 1.71. The second-order valence-corrected chi connectivity index (χ2v) is 5.22. The first-order valence-electron chi connectivity index (χ1n) is 5.79. The van der Waals surface area contributed by atoms with Gasteiger partial charge in [-0.15, -0.1) is 11.3 Å². The van der Waals surface area contributed by atoms with Crippen LogP contribution in [0.1, 0.15) is 31.2 Å². The van der Waals surface area contributed by atoms with E-state index in [0.717, 1.165) is 22.9 Å². The molecule has 0 spiro atoms. The molecule has 16 heavy (non-hydrogen) atoms. The fourth-order valence-electron chi connectivity index (χ4n) is 1.81. The summed E-state index contributed by atoms with van der Waals surface area (Å²) in [6.45, 7) is 4.23. The van der Waals surface area contributed by atoms with Crippen LogP contribution in [-0.2, 0) is 6.42 Å². The van der Waals surface area contributed by atoms with Crippen molar-refractivity contribution in [2.75, 3.05) is 5.32 Å². The summed E-state index contributed by atoms with van der Waals surface area (Å²) in [6.07, 6.45) is 3.44. The molecular formula is C12H15N3S. The molecule has 4 heteroatoms. The van der Waals surface area contributed by atoms with Crippen LogP contribution in [0.4, 0.5) is 5.82 Å². The van der Waals surface area contributed by atoms with E-state index in [9.17, 15) is 0 Å². The van der Waals surface area contributed by atoms with Crippen molar-refractivity contribution in [2.45, 2.75) is 39.2 Å². The zero-order chi connectivity index (χ0) is 11.1. The third kappa shape index (κ3) is 1.67. The van der Waals surface area contributed by atoms with Crippen LogP contribution in [0.25, 0.3) is 10.2 Å². The maximum atomic E-state index is 4.62. The highest BCUT2D eigenvalue weighted by molar-refractivity contribution is 7.17. The molecule has 1 saturated carbocycles. The molecule has 0 radical (unpaired) electrons. The summed E-state index contributed by atoms with van der Waals surface area (Å²) in [7, 11) is 0. The molecule has 3 rings (SSSR count). The monoisotopic (exact) mass is 233 g/mol. The van der Waals surface area contributed by atoms with E-state index in [0.29, 0.717) is 6.04 Å². The second kappa shape index (κ2) is 3.70. The highest BCUT2D eigenvalue weighted by atomic mass is 32.1. The van der Waals surface area contributed by atoms with Crippen LogP contribution in [0, 0.1) is 6.92 Å². The van der Waals surface area contributed by atoms with Crippen LogP contribution in [0.3, 0.4) is 0 Å². The Bertz CT molecular complexity index is 528. The standard InChI is InChI=1S/C12H15N3S/c1-3-9-14-11(13-8-4-5-8)10-7(2)6-16-12(10)15-9/h6,8H,3-5H2,1-2H3,(H,13,14,15). The van der Waals surface area contributed by atoms with E-state index < -0.39 is 0 Å². The first-order chi connectivity index (χ1) is 7.78. The number of aromatic nitrogens is 2. The molecule has 0 saturated heterocycles. The van der Waals surface area contributed by atoms with Gasteiger partial charge >= 0.3 is 0 Å². The van der Waals surface area contributed by atoms with Crippen molar-refractivity contribution >= 4 is 27.4 Å². The van der Waals surface area contributed by atoms with Gasteiger partial charge in [-0.1, -0.05) is 6.92 Å². The molecule has 1 fully saturated rings. The quantitative estimate of drug-likeness (QED) is 0.885. The SMILES string of the molecule is CCc1nc(NC2CC2)c2c(C)csc2n1. The zero-order valence-electron chi connectivity index (χ0n) is 9.58. The highest BCUT2D eigenvalue weighted by Gasteiger charge is 2.23. The number of nitrogens with zero attached hydrogens (tertiary/aromatic N) is 2. The van der Waals surface area contributed by atoms with Crippen LogP contribution in [-0.4, -0.2) is 16.0 Å². The van der Waals surface area contributed by atoms with Crippen LogP contribution >= 0.6 is 11.3 Å². The predicted octanol–water partition coefficient (Wildman–Crippen LogP) is 3.14. The highest BCUT2D eigenvalue weighted by Crippen LogP contribution is 2.32. The number of anilines is 1. The van der Waals surface area contributed by atoms with Gasteiger partial charge in [0.25, 0.3) is 0 Å². The molecule has 0 atom stereocenters. The lowest BCUT2D eigenvalue weighted by Crippen LogP contribution is -2.06. The molecule has 84 valence electrons. The van der Waals surface area contributed by atoms with E-state index in [1.807, 2.05) is 0 Å². The van der Waals surface area contributed by atoms with Crippen LogP contribution in [0.5, 0.6) is 0 Å². The van der Waals surface area contributed by atoms with E-state index >= 15 is 0 Å². The Labute approximate surface area is 98.9 Å². The lowest BCUT2D eigenvalue weighted by atomic mass is 10.2. The molecule has 2 heterocycles. The smallest absolute Gasteiger partial charge is 0.139 e. The van der Waals surface area contributed by atoms with Gasteiger partial charge in [-0.3, -0.25) is 0 Å². The van der Waals surface area contributed by atoms with Crippen LogP contribution < -0.4 is 5.32 Å². The summed E-state index contributed by atoms with van der Waals surface area (Å²) in [5, 5.41) is 6.90. The van der Waals surface area contributed by atoms with Crippen molar-refractivity contribution in [3.05, 3.63) is 16.8 Å². The van der Waals surface area contributed by atoms with Crippen molar-refractivity contribution in [1.82, 2.24) is 9.97 Å². The Morgan fingerprint density at radius 2 is 2.25 bits per heavy atom. The number of thiophene rings is 1. The summed E-state index contributed by atoms with van der Waals surface area (Å²) in [5.41, 5.74) is 1.28. The number of aryl methyl sites for hydroxylation is 2. The van der Waals surface area contributed by atoms with Crippen molar-refractivity contribution in [3.8, 4) is 0 Å². The lowest BCUT2D eigenvalue weighted by molar-refractivity contribution is 0.956. The number of hydrogen-bond acceptors (Lipinski definition) is 4. The maximum Gasteiger partial charge on any atom is 0.139 e. The molecule has 2 aromatic rings. The average Bonchev–Trinajstić information content (AvgIpc) is 3.02. The summed E-state index contributed by atoms with van der Waals surface area (Å²) in [4.78, 5) is 10.3. The minimum atomic E-state index is 0.641. The van der Waals surface area contributed by atoms with Crippen molar-refractivity contribution < 1.29 is 0 Å². The molecule has 1 aliphatic rings. The molecule has 2 aromatic heterocycles. The van der Waals surface area contributed by atoms with E-state index in [4.69, 9.17) is 0 Å². The third-order valence-electron chi connectivity index (χ3n) is 2.90. The van der Waals surface area contributed by atoms with E-state index in [1.54, 1.807) is 11.3 Å². The molecular weight excluding hydrogens is 218 g/mol. The van der Waals surface area contributed by atoms with Gasteiger partial charge in [0.15, 0.2) is 0 Å². The van der Waals surface area contributed by atoms with Crippen molar-refractivity contribution in [3.63, 3.8) is 0 Å². The molecule has 1 aliphatic carbocycles. The lowest BCUT2D eigenvalue weighted by Gasteiger charge is -2.07. The fourth-order valence-corrected chi connectivity index (χ4v) is 2.75. The first kappa shape index (κ1) is 10.0. The predicted molar refractivity (Wildman–Crippen MR) is 68.2 cm³/mol. The van der Waals surface area contributed by atoms with Gasteiger partial charge < -0.3 is 5.32 Å². The number of hydrogen-bond donors (Lipinski definition) is 1. The summed E-state index contributed by atoms with van der Waals surface area (Å²) in [5.74, 6) is 1.99. The molecule has 0 unspecified atom stereocenters. The Kier molecular flexibility index (Phi) is 2.32. The van der Waals surface area contributed by atoms with E-state index in [2.05, 4.69) is 34.5 Å². The number of nitrogens with one attached hydrogen (secondary N) is 1. The third-order valence-corrected chi connectivity index (χ3v) is 3.89.